The highest BCUT2D eigenvalue weighted by Gasteiger charge is 2.23. The molecular formula is C27H28N4O4S2. The Morgan fingerprint density at radius 1 is 1.11 bits per heavy atom. The number of ether oxygens (including phenoxy) is 2. The molecule has 8 nitrogen and oxygen atoms in total. The fourth-order valence-electron chi connectivity index (χ4n) is 3.58. The summed E-state index contributed by atoms with van der Waals surface area (Å²) in [6.45, 7) is 6.27. The average molecular weight is 537 g/mol. The predicted molar refractivity (Wildman–Crippen MR) is 146 cm³/mol. The molecule has 0 fully saturated rings. The molecule has 10 heteroatoms. The summed E-state index contributed by atoms with van der Waals surface area (Å²) in [4.78, 5) is 25.5. The summed E-state index contributed by atoms with van der Waals surface area (Å²) in [5.74, 6) is 0.838. The van der Waals surface area contributed by atoms with Gasteiger partial charge in [-0.2, -0.15) is 0 Å². The zero-order chi connectivity index (χ0) is 26.4. The largest absolute Gasteiger partial charge is 0.485 e. The van der Waals surface area contributed by atoms with Crippen LogP contribution in [-0.2, 0) is 23.2 Å². The molecule has 1 N–H and O–H groups in total. The number of aryl methyl sites for hydroxylation is 2. The lowest BCUT2D eigenvalue weighted by Crippen LogP contribution is -2.16. The molecule has 37 heavy (non-hydrogen) atoms. The van der Waals surface area contributed by atoms with E-state index < -0.39 is 5.97 Å². The SMILES string of the molecule is CCOC(=O)c1c(-c2ccccc2)csc1NC(=O)CSc1nnc(COc2cc(C)ccc2C)n1C. The Balaban J connectivity index is 1.41. The molecule has 0 radical (unpaired) electrons. The number of nitrogens with one attached hydrogen (secondary N) is 1. The Hall–Kier alpha value is -3.63. The van der Waals surface area contributed by atoms with Gasteiger partial charge in [-0.25, -0.2) is 4.79 Å². The highest BCUT2D eigenvalue weighted by Crippen LogP contribution is 2.36. The third-order valence-corrected chi connectivity index (χ3v) is 7.48. The van der Waals surface area contributed by atoms with Crippen LogP contribution in [0.1, 0.15) is 34.2 Å². The van der Waals surface area contributed by atoms with Crippen molar-refractivity contribution in [3.8, 4) is 16.9 Å². The minimum Gasteiger partial charge on any atom is -0.485 e. The summed E-state index contributed by atoms with van der Waals surface area (Å²) in [5, 5.41) is 14.2. The van der Waals surface area contributed by atoms with Crippen LogP contribution in [0.3, 0.4) is 0 Å². The number of esters is 1. The fraction of sp³-hybridized carbons (Fsp3) is 0.259. The molecule has 0 saturated carbocycles. The summed E-state index contributed by atoms with van der Waals surface area (Å²) < 4.78 is 13.0. The molecule has 0 aliphatic heterocycles. The lowest BCUT2D eigenvalue weighted by atomic mass is 10.0. The number of amides is 1. The van der Waals surface area contributed by atoms with Crippen LogP contribution in [0.5, 0.6) is 5.75 Å². The van der Waals surface area contributed by atoms with E-state index in [0.29, 0.717) is 21.5 Å². The van der Waals surface area contributed by atoms with Gasteiger partial charge in [-0.1, -0.05) is 54.2 Å². The molecule has 0 aliphatic rings. The van der Waals surface area contributed by atoms with Crippen molar-refractivity contribution in [2.75, 3.05) is 17.7 Å². The van der Waals surface area contributed by atoms with Crippen LogP contribution < -0.4 is 10.1 Å². The van der Waals surface area contributed by atoms with Crippen LogP contribution in [0.4, 0.5) is 5.00 Å². The third kappa shape index (κ3) is 6.39. The molecule has 2 aromatic carbocycles. The van der Waals surface area contributed by atoms with Gasteiger partial charge in [-0.3, -0.25) is 4.79 Å². The number of anilines is 1. The van der Waals surface area contributed by atoms with E-state index in [0.717, 1.165) is 28.0 Å². The average Bonchev–Trinajstić information content (AvgIpc) is 3.47. The van der Waals surface area contributed by atoms with Gasteiger partial charge in [0.1, 0.15) is 22.9 Å². The van der Waals surface area contributed by atoms with Gasteiger partial charge in [-0.05, 0) is 43.5 Å². The summed E-state index contributed by atoms with van der Waals surface area (Å²) in [5.41, 5.74) is 4.14. The molecule has 192 valence electrons. The van der Waals surface area contributed by atoms with E-state index in [2.05, 4.69) is 15.5 Å². The first-order valence-corrected chi connectivity index (χ1v) is 13.6. The zero-order valence-electron chi connectivity index (χ0n) is 21.1. The van der Waals surface area contributed by atoms with Crippen molar-refractivity contribution in [1.82, 2.24) is 14.8 Å². The fourth-order valence-corrected chi connectivity index (χ4v) is 5.28. The Bertz CT molecular complexity index is 1400. The smallest absolute Gasteiger partial charge is 0.341 e. The molecule has 0 atom stereocenters. The van der Waals surface area contributed by atoms with E-state index in [1.54, 1.807) is 6.92 Å². The molecule has 0 bridgehead atoms. The lowest BCUT2D eigenvalue weighted by molar-refractivity contribution is -0.113. The molecule has 0 unspecified atom stereocenters. The Morgan fingerprint density at radius 3 is 2.65 bits per heavy atom. The number of nitrogens with zero attached hydrogens (tertiary/aromatic N) is 3. The lowest BCUT2D eigenvalue weighted by Gasteiger charge is -2.10. The van der Waals surface area contributed by atoms with Gasteiger partial charge in [0.05, 0.1) is 12.4 Å². The van der Waals surface area contributed by atoms with Crippen LogP contribution in [0.2, 0.25) is 0 Å². The molecule has 1 amide bonds. The maximum absolute atomic E-state index is 12.8. The van der Waals surface area contributed by atoms with Crippen molar-refractivity contribution in [3.63, 3.8) is 0 Å². The van der Waals surface area contributed by atoms with Gasteiger partial charge in [-0.15, -0.1) is 21.5 Å². The minimum absolute atomic E-state index is 0.102. The molecule has 0 saturated heterocycles. The molecule has 4 aromatic rings. The normalized spacial score (nSPS) is 10.8. The molecular weight excluding hydrogens is 508 g/mol. The summed E-state index contributed by atoms with van der Waals surface area (Å²) in [6.07, 6.45) is 0. The van der Waals surface area contributed by atoms with Gasteiger partial charge >= 0.3 is 5.97 Å². The predicted octanol–water partition coefficient (Wildman–Crippen LogP) is 5.65. The first-order valence-electron chi connectivity index (χ1n) is 11.7. The topological polar surface area (TPSA) is 95.3 Å². The van der Waals surface area contributed by atoms with Gasteiger partial charge in [0, 0.05) is 18.0 Å². The number of benzene rings is 2. The zero-order valence-corrected chi connectivity index (χ0v) is 22.7. The molecule has 2 aromatic heterocycles. The highest BCUT2D eigenvalue weighted by molar-refractivity contribution is 7.99. The summed E-state index contributed by atoms with van der Waals surface area (Å²) in [6, 6.07) is 15.6. The molecule has 4 rings (SSSR count). The van der Waals surface area contributed by atoms with Crippen LogP contribution in [0, 0.1) is 13.8 Å². The van der Waals surface area contributed by atoms with E-state index >= 15 is 0 Å². The van der Waals surface area contributed by atoms with Crippen molar-refractivity contribution in [2.45, 2.75) is 32.5 Å². The van der Waals surface area contributed by atoms with Gasteiger partial charge in [0.15, 0.2) is 11.0 Å². The van der Waals surface area contributed by atoms with Crippen molar-refractivity contribution in [2.24, 2.45) is 7.05 Å². The maximum Gasteiger partial charge on any atom is 0.341 e. The number of hydrogen-bond donors (Lipinski definition) is 1. The maximum atomic E-state index is 12.8. The van der Waals surface area contributed by atoms with Crippen LogP contribution in [-0.4, -0.2) is 39.0 Å². The van der Waals surface area contributed by atoms with Crippen molar-refractivity contribution >= 4 is 40.0 Å². The van der Waals surface area contributed by atoms with Crippen LogP contribution in [0.25, 0.3) is 11.1 Å². The standard InChI is InChI=1S/C27H28N4O4S2/c1-5-34-26(33)24-20(19-9-7-6-8-10-19)15-36-25(24)28-23(32)16-37-27-30-29-22(31(27)4)14-35-21-13-17(2)11-12-18(21)3/h6-13,15H,5,14,16H2,1-4H3,(H,28,32). The number of aromatic nitrogens is 3. The third-order valence-electron chi connectivity index (χ3n) is 5.57. The minimum atomic E-state index is -0.465. The van der Waals surface area contributed by atoms with Crippen molar-refractivity contribution in [3.05, 3.63) is 76.4 Å². The van der Waals surface area contributed by atoms with Gasteiger partial charge in [0.2, 0.25) is 5.91 Å². The number of thioether (sulfide) groups is 1. The Labute approximate surface area is 224 Å². The van der Waals surface area contributed by atoms with Crippen LogP contribution >= 0.6 is 23.1 Å². The second kappa shape index (κ2) is 12.1. The van der Waals surface area contributed by atoms with Crippen molar-refractivity contribution in [1.29, 1.82) is 0 Å². The van der Waals surface area contributed by atoms with E-state index in [1.807, 2.05) is 79.4 Å². The molecule has 0 aliphatic carbocycles. The number of hydrogen-bond acceptors (Lipinski definition) is 8. The Morgan fingerprint density at radius 2 is 1.89 bits per heavy atom. The number of carbonyl (C=O) groups is 2. The monoisotopic (exact) mass is 536 g/mol. The highest BCUT2D eigenvalue weighted by atomic mass is 32.2. The summed E-state index contributed by atoms with van der Waals surface area (Å²) in [7, 11) is 1.84. The second-order valence-electron chi connectivity index (χ2n) is 8.29. The van der Waals surface area contributed by atoms with E-state index in [4.69, 9.17) is 9.47 Å². The summed E-state index contributed by atoms with van der Waals surface area (Å²) >= 11 is 2.56. The first-order chi connectivity index (χ1) is 17.9. The number of carbonyl (C=O) groups excluding carboxylic acids is 2. The molecule has 2 heterocycles. The quantitative estimate of drug-likeness (QED) is 0.207. The Kier molecular flexibility index (Phi) is 8.62. The second-order valence-corrected chi connectivity index (χ2v) is 10.1. The van der Waals surface area contributed by atoms with E-state index in [-0.39, 0.29) is 24.9 Å². The number of rotatable bonds is 10. The first kappa shape index (κ1) is 26.4. The molecule has 0 spiro atoms. The van der Waals surface area contributed by atoms with Crippen LogP contribution in [0.15, 0.2) is 59.1 Å². The van der Waals surface area contributed by atoms with Crippen molar-refractivity contribution < 1.29 is 19.1 Å². The van der Waals surface area contributed by atoms with Gasteiger partial charge in [0.25, 0.3) is 0 Å². The van der Waals surface area contributed by atoms with E-state index in [9.17, 15) is 9.59 Å². The van der Waals surface area contributed by atoms with Gasteiger partial charge < -0.3 is 19.4 Å². The van der Waals surface area contributed by atoms with E-state index in [1.165, 1.54) is 23.1 Å². The number of thiophene rings is 1.